The number of halogens is 2. The number of carbonyl (C=O) groups excluding carboxylic acids is 1. The Morgan fingerprint density at radius 3 is 3.11 bits per heavy atom. The molecule has 3 rings (SSSR count). The quantitative estimate of drug-likeness (QED) is 0.484. The van der Waals surface area contributed by atoms with E-state index in [1.54, 1.807) is 23.5 Å². The lowest BCUT2D eigenvalue weighted by Gasteiger charge is -2.32. The van der Waals surface area contributed by atoms with E-state index in [2.05, 4.69) is 38.1 Å². The molecule has 2 heterocycles. The second-order valence-corrected chi connectivity index (χ2v) is 9.43. The lowest BCUT2D eigenvalue weighted by atomic mass is 10.0. The highest BCUT2D eigenvalue weighted by Crippen LogP contribution is 2.28. The van der Waals surface area contributed by atoms with Crippen molar-refractivity contribution in [2.24, 2.45) is 0 Å². The van der Waals surface area contributed by atoms with Crippen molar-refractivity contribution in [1.82, 2.24) is 9.88 Å². The topological polar surface area (TPSA) is 54.5 Å². The van der Waals surface area contributed by atoms with Gasteiger partial charge in [-0.2, -0.15) is 0 Å². The number of nitrogens with zero attached hydrogens (tertiary/aromatic N) is 2. The molecule has 0 radical (unpaired) electrons. The van der Waals surface area contributed by atoms with E-state index in [0.29, 0.717) is 35.6 Å². The van der Waals surface area contributed by atoms with Crippen LogP contribution < -0.4 is 10.1 Å². The molecular weight excluding hydrogens is 462 g/mol. The zero-order chi connectivity index (χ0) is 19.9. The largest absolute Gasteiger partial charge is 0.492 e. The van der Waals surface area contributed by atoms with Crippen LogP contribution in [0, 0.1) is 0 Å². The molecule has 1 amide bonds. The summed E-state index contributed by atoms with van der Waals surface area (Å²) < 4.78 is 6.50. The number of likely N-dealkylation sites (tertiary alicyclic amines) is 1. The van der Waals surface area contributed by atoms with Gasteiger partial charge in [0.25, 0.3) is 0 Å². The van der Waals surface area contributed by atoms with E-state index in [9.17, 15) is 4.79 Å². The second kappa shape index (κ2) is 10.6. The zero-order valence-electron chi connectivity index (χ0n) is 15.9. The van der Waals surface area contributed by atoms with Gasteiger partial charge in [0.05, 0.1) is 11.1 Å². The van der Waals surface area contributed by atoms with E-state index in [-0.39, 0.29) is 5.91 Å². The van der Waals surface area contributed by atoms with Crippen LogP contribution in [-0.2, 0) is 11.3 Å². The van der Waals surface area contributed by atoms with Gasteiger partial charge in [0.1, 0.15) is 5.75 Å². The van der Waals surface area contributed by atoms with Crippen molar-refractivity contribution in [1.29, 1.82) is 0 Å². The maximum atomic E-state index is 12.1. The lowest BCUT2D eigenvalue weighted by Crippen LogP contribution is -2.36. The summed E-state index contributed by atoms with van der Waals surface area (Å²) >= 11 is 10.9. The van der Waals surface area contributed by atoms with Crippen LogP contribution in [0.3, 0.4) is 0 Å². The number of thiazole rings is 1. The van der Waals surface area contributed by atoms with Crippen LogP contribution in [0.2, 0.25) is 5.02 Å². The van der Waals surface area contributed by atoms with Crippen LogP contribution in [-0.4, -0.2) is 35.0 Å². The standard InChI is InChI=1S/C20H25BrClN3O2S/c1-14-5-2-3-9-25(14)13-16-12-23-20(28-16)24-19(26)6-4-10-27-18-8-7-15(22)11-17(18)21/h7-8,11-12,14H,2-6,9-10,13H2,1H3,(H,23,24,26). The molecule has 1 aliphatic heterocycles. The molecule has 1 aromatic carbocycles. The van der Waals surface area contributed by atoms with Gasteiger partial charge >= 0.3 is 0 Å². The van der Waals surface area contributed by atoms with Crippen molar-refractivity contribution in [3.63, 3.8) is 0 Å². The fourth-order valence-corrected chi connectivity index (χ4v) is 4.87. The third kappa shape index (κ3) is 6.44. The van der Waals surface area contributed by atoms with Crippen molar-refractivity contribution in [2.75, 3.05) is 18.5 Å². The number of nitrogens with one attached hydrogen (secondary N) is 1. The van der Waals surface area contributed by atoms with Gasteiger partial charge in [-0.1, -0.05) is 18.0 Å². The predicted molar refractivity (Wildman–Crippen MR) is 118 cm³/mol. The minimum absolute atomic E-state index is 0.0361. The van der Waals surface area contributed by atoms with E-state index in [1.807, 2.05) is 12.3 Å². The molecule has 1 atom stereocenters. The van der Waals surface area contributed by atoms with Crippen LogP contribution in [0.5, 0.6) is 5.75 Å². The van der Waals surface area contributed by atoms with Crippen molar-refractivity contribution < 1.29 is 9.53 Å². The number of hydrogen-bond donors (Lipinski definition) is 1. The van der Waals surface area contributed by atoms with Gasteiger partial charge in [-0.3, -0.25) is 9.69 Å². The van der Waals surface area contributed by atoms with E-state index < -0.39 is 0 Å². The van der Waals surface area contributed by atoms with Gasteiger partial charge in [-0.05, 0) is 66.9 Å². The molecule has 1 unspecified atom stereocenters. The van der Waals surface area contributed by atoms with Crippen LogP contribution in [0.1, 0.15) is 43.9 Å². The molecule has 1 saturated heterocycles. The van der Waals surface area contributed by atoms with E-state index >= 15 is 0 Å². The number of anilines is 1. The summed E-state index contributed by atoms with van der Waals surface area (Å²) in [6.45, 7) is 4.81. The molecule has 0 bridgehead atoms. The summed E-state index contributed by atoms with van der Waals surface area (Å²) in [6.07, 6.45) is 6.75. The average molecular weight is 487 g/mol. The Kier molecular flexibility index (Phi) is 8.14. The molecule has 28 heavy (non-hydrogen) atoms. The summed E-state index contributed by atoms with van der Waals surface area (Å²) in [5.41, 5.74) is 0. The van der Waals surface area contributed by atoms with Crippen LogP contribution in [0.4, 0.5) is 5.13 Å². The SMILES string of the molecule is CC1CCCCN1Cc1cnc(NC(=O)CCCOc2ccc(Cl)cc2Br)s1. The molecule has 1 N–H and O–H groups in total. The first-order valence-electron chi connectivity index (χ1n) is 9.58. The Labute approximate surface area is 183 Å². The second-order valence-electron chi connectivity index (χ2n) is 7.02. The normalized spacial score (nSPS) is 17.5. The third-order valence-corrected chi connectivity index (χ3v) is 6.55. The number of aromatic nitrogens is 1. The van der Waals surface area contributed by atoms with Gasteiger partial charge in [-0.25, -0.2) is 4.98 Å². The molecule has 0 spiro atoms. The Bertz CT molecular complexity index is 802. The Balaban J connectivity index is 1.38. The van der Waals surface area contributed by atoms with Gasteiger partial charge in [0.15, 0.2) is 5.13 Å². The first-order chi connectivity index (χ1) is 13.5. The van der Waals surface area contributed by atoms with Crippen molar-refractivity contribution in [2.45, 2.75) is 51.6 Å². The van der Waals surface area contributed by atoms with Gasteiger partial charge in [0, 0.05) is 35.1 Å². The van der Waals surface area contributed by atoms with Gasteiger partial charge in [-0.15, -0.1) is 11.3 Å². The molecule has 5 nitrogen and oxygen atoms in total. The number of amides is 1. The highest BCUT2D eigenvalue weighted by atomic mass is 79.9. The highest BCUT2D eigenvalue weighted by molar-refractivity contribution is 9.10. The molecule has 1 aromatic heterocycles. The molecular formula is C20H25BrClN3O2S. The molecule has 152 valence electrons. The van der Waals surface area contributed by atoms with Crippen LogP contribution in [0.25, 0.3) is 0 Å². The van der Waals surface area contributed by atoms with Crippen molar-refractivity contribution in [3.05, 3.63) is 38.8 Å². The van der Waals surface area contributed by atoms with E-state index in [4.69, 9.17) is 16.3 Å². The molecule has 8 heteroatoms. The number of benzene rings is 1. The average Bonchev–Trinajstić information content (AvgIpc) is 3.09. The number of carbonyl (C=O) groups is 1. The summed E-state index contributed by atoms with van der Waals surface area (Å²) in [5.74, 6) is 0.687. The molecule has 1 aliphatic rings. The molecule has 2 aromatic rings. The van der Waals surface area contributed by atoms with E-state index in [0.717, 1.165) is 23.3 Å². The summed E-state index contributed by atoms with van der Waals surface area (Å²) in [7, 11) is 0. The first kappa shape index (κ1) is 21.6. The highest BCUT2D eigenvalue weighted by Gasteiger charge is 2.19. The van der Waals surface area contributed by atoms with Crippen LogP contribution >= 0.6 is 38.9 Å². The lowest BCUT2D eigenvalue weighted by molar-refractivity contribution is -0.116. The van der Waals surface area contributed by atoms with Gasteiger partial charge in [0.2, 0.25) is 5.91 Å². The molecule has 0 saturated carbocycles. The van der Waals surface area contributed by atoms with Crippen LogP contribution in [0.15, 0.2) is 28.9 Å². The summed E-state index contributed by atoms with van der Waals surface area (Å²) in [4.78, 5) is 20.2. The van der Waals surface area contributed by atoms with Crippen molar-refractivity contribution in [3.8, 4) is 5.75 Å². The summed E-state index contributed by atoms with van der Waals surface area (Å²) in [6, 6.07) is 6.00. The minimum atomic E-state index is -0.0361. The number of ether oxygens (including phenoxy) is 1. The van der Waals surface area contributed by atoms with Gasteiger partial charge < -0.3 is 10.1 Å². The molecule has 0 aliphatic carbocycles. The number of piperidine rings is 1. The summed E-state index contributed by atoms with van der Waals surface area (Å²) in [5, 5.41) is 4.22. The Hall–Kier alpha value is -1.15. The van der Waals surface area contributed by atoms with Crippen molar-refractivity contribution >= 4 is 49.9 Å². The fourth-order valence-electron chi connectivity index (χ4n) is 3.22. The van der Waals surface area contributed by atoms with E-state index in [1.165, 1.54) is 24.1 Å². The fraction of sp³-hybridized carbons (Fsp3) is 0.500. The maximum Gasteiger partial charge on any atom is 0.226 e. The smallest absolute Gasteiger partial charge is 0.226 e. The predicted octanol–water partition coefficient (Wildman–Crippen LogP) is 5.73. The maximum absolute atomic E-state index is 12.1. The Morgan fingerprint density at radius 2 is 2.32 bits per heavy atom. The monoisotopic (exact) mass is 485 g/mol. The third-order valence-electron chi connectivity index (χ3n) is 4.80. The molecule has 1 fully saturated rings. The minimum Gasteiger partial charge on any atom is -0.492 e. The first-order valence-corrected chi connectivity index (χ1v) is 11.6. The number of rotatable bonds is 8. The number of hydrogen-bond acceptors (Lipinski definition) is 5. The zero-order valence-corrected chi connectivity index (χ0v) is 19.1. The Morgan fingerprint density at radius 1 is 1.46 bits per heavy atom.